The van der Waals surface area contributed by atoms with Crippen LogP contribution in [0.3, 0.4) is 0 Å². The number of methoxy groups -OCH3 is 2. The molecule has 0 amide bonds. The van der Waals surface area contributed by atoms with Gasteiger partial charge in [-0.3, -0.25) is 18.6 Å². The molecule has 2 aromatic rings. The van der Waals surface area contributed by atoms with Gasteiger partial charge in [0.2, 0.25) is 0 Å². The zero-order valence-electron chi connectivity index (χ0n) is 49.9. The minimum Gasteiger partial charge on any atom is -1.00 e. The Morgan fingerprint density at radius 2 is 0.901 bits per heavy atom. The number of ether oxygens (including phenoxy) is 13. The van der Waals surface area contributed by atoms with Gasteiger partial charge in [0.05, 0.1) is 132 Å². The molecule has 0 unspecified atom stereocenters. The molecular formula is C54H86K2O24S. The summed E-state index contributed by atoms with van der Waals surface area (Å²) in [5.74, 6) is 2.59. The molecule has 2 heterocycles. The van der Waals surface area contributed by atoms with Gasteiger partial charge in [-0.05, 0) is 40.5 Å². The number of benzene rings is 2. The number of ketones is 2. The summed E-state index contributed by atoms with van der Waals surface area (Å²) in [4.78, 5) is 35.1. The van der Waals surface area contributed by atoms with Crippen LogP contribution in [0.15, 0.2) is 24.3 Å². The van der Waals surface area contributed by atoms with Crippen LogP contribution in [0.1, 0.15) is 90.6 Å². The van der Waals surface area contributed by atoms with Crippen LogP contribution in [0.4, 0.5) is 0 Å². The smallest absolute Gasteiger partial charge is 1.00 e. The van der Waals surface area contributed by atoms with Crippen molar-refractivity contribution < 1.29 is 218 Å². The van der Waals surface area contributed by atoms with E-state index < -0.39 is 21.3 Å². The predicted molar refractivity (Wildman–Crippen MR) is 282 cm³/mol. The summed E-state index contributed by atoms with van der Waals surface area (Å²) < 4.78 is 96.1. The average Bonchev–Trinajstić information content (AvgIpc) is 3.58. The summed E-state index contributed by atoms with van der Waals surface area (Å²) >= 11 is 0. The van der Waals surface area contributed by atoms with Gasteiger partial charge in [0, 0.05) is 99.0 Å². The van der Waals surface area contributed by atoms with Crippen molar-refractivity contribution in [2.24, 2.45) is 11.8 Å². The van der Waals surface area contributed by atoms with Crippen LogP contribution in [0.25, 0.3) is 0 Å². The van der Waals surface area contributed by atoms with Gasteiger partial charge in [0.15, 0.2) is 0 Å². The molecule has 6 rings (SSSR count). The van der Waals surface area contributed by atoms with Gasteiger partial charge in [0.25, 0.3) is 16.6 Å². The molecule has 0 saturated heterocycles. The van der Waals surface area contributed by atoms with Gasteiger partial charge in [-0.25, -0.2) is 0 Å². The van der Waals surface area contributed by atoms with Crippen molar-refractivity contribution in [1.29, 1.82) is 0 Å². The number of fused-ring (bicyclic) bond motifs is 6. The summed E-state index contributed by atoms with van der Waals surface area (Å²) in [6, 6.07) is 6.24. The summed E-state index contributed by atoms with van der Waals surface area (Å²) in [6.07, 6.45) is 4.63. The van der Waals surface area contributed by atoms with Gasteiger partial charge in [-0.1, -0.05) is 0 Å². The first-order chi connectivity index (χ1) is 37.8. The van der Waals surface area contributed by atoms with E-state index in [0.717, 1.165) is 24.7 Å². The number of phenols is 3. The largest absolute Gasteiger partial charge is 1.00 e. The first-order valence-electron chi connectivity index (χ1n) is 26.4. The van der Waals surface area contributed by atoms with Crippen molar-refractivity contribution >= 4 is 28.2 Å². The number of carbonyl (C=O) groups excluding carboxylic acids is 3. The van der Waals surface area contributed by atoms with Crippen LogP contribution >= 0.6 is 0 Å². The van der Waals surface area contributed by atoms with Crippen molar-refractivity contribution in [3.8, 4) is 34.5 Å². The Hall–Kier alpha value is -1.21. The first kappa shape index (κ1) is 77.8. The Bertz CT molecular complexity index is 2190. The molecule has 2 saturated carbocycles. The molecule has 3 N–H and O–H groups in total. The van der Waals surface area contributed by atoms with E-state index in [2.05, 4.69) is 22.9 Å². The number of Topliss-reactive ketones (excluding diaryl/α,β-unsaturated/α-hetero) is 2. The maximum atomic E-state index is 12.1. The second-order valence-corrected chi connectivity index (χ2v) is 21.2. The Kier molecular flexibility index (Phi) is 41.7. The van der Waals surface area contributed by atoms with E-state index in [1.54, 1.807) is 26.4 Å². The molecule has 2 aromatic carbocycles. The molecule has 2 fully saturated rings. The molecule has 27 heteroatoms. The average molecular weight is 1230 g/mol. The topological polar surface area (TPSA) is 308 Å². The third kappa shape index (κ3) is 30.8. The third-order valence-electron chi connectivity index (χ3n) is 13.0. The SMILES string of the molecule is CC1(C)Oc2cc(O)cc(O)c2[C@@H]2CC(=O)CC[C@H]21.COCCOCCOCCOCCOCCOS(C)(=O)=O.COCCOCCOCCOCCOCCOc1cc(O)c2c(c1)OC(C)(C)[C@@H]1CCC(=O)C[C@@H]21.O=CO[O-].[H-].[K+].[K+]. The van der Waals surface area contributed by atoms with E-state index in [9.17, 15) is 33.3 Å². The zero-order chi connectivity index (χ0) is 58.1. The van der Waals surface area contributed by atoms with Crippen LogP contribution in [-0.4, -0.2) is 206 Å². The van der Waals surface area contributed by atoms with Crippen molar-refractivity contribution in [2.45, 2.75) is 89.3 Å². The predicted octanol–water partition coefficient (Wildman–Crippen LogP) is -1.94. The van der Waals surface area contributed by atoms with Gasteiger partial charge < -0.3 is 88.5 Å². The van der Waals surface area contributed by atoms with Crippen molar-refractivity contribution in [2.75, 3.05) is 153 Å². The second kappa shape index (κ2) is 43.4. The molecule has 0 bridgehead atoms. The van der Waals surface area contributed by atoms with E-state index in [1.165, 1.54) is 12.1 Å². The number of rotatable bonds is 33. The Labute approximate surface area is 563 Å². The number of carbonyl (C=O) groups is 3. The number of hydrogen-bond acceptors (Lipinski definition) is 24. The molecule has 2 aliphatic heterocycles. The molecule has 2 aliphatic carbocycles. The molecule has 0 radical (unpaired) electrons. The summed E-state index contributed by atoms with van der Waals surface area (Å²) in [5.41, 5.74) is 0.606. The van der Waals surface area contributed by atoms with E-state index in [4.69, 9.17) is 71.6 Å². The normalized spacial score (nSPS) is 18.9. The number of aromatic hydroxyl groups is 3. The van der Waals surface area contributed by atoms with Gasteiger partial charge in [-0.2, -0.15) is 8.42 Å². The van der Waals surface area contributed by atoms with Crippen LogP contribution < -0.4 is 122 Å². The van der Waals surface area contributed by atoms with Crippen molar-refractivity contribution in [1.82, 2.24) is 0 Å². The van der Waals surface area contributed by atoms with Gasteiger partial charge in [-0.15, -0.1) is 0 Å². The fourth-order valence-corrected chi connectivity index (χ4v) is 9.83. The fraction of sp³-hybridized carbons (Fsp3) is 0.722. The molecular weight excluding hydrogens is 1140 g/mol. The van der Waals surface area contributed by atoms with Crippen molar-refractivity contribution in [3.05, 3.63) is 35.4 Å². The molecule has 24 nitrogen and oxygen atoms in total. The van der Waals surface area contributed by atoms with E-state index in [-0.39, 0.29) is 176 Å². The molecule has 454 valence electrons. The van der Waals surface area contributed by atoms with E-state index in [1.807, 2.05) is 13.8 Å². The Morgan fingerprint density at radius 3 is 1.26 bits per heavy atom. The third-order valence-corrected chi connectivity index (χ3v) is 13.6. The molecule has 81 heavy (non-hydrogen) atoms. The van der Waals surface area contributed by atoms with Crippen LogP contribution in [0.2, 0.25) is 0 Å². The monoisotopic (exact) mass is 1230 g/mol. The molecule has 0 spiro atoms. The number of phenolic OH excluding ortho intramolecular Hbond substituents is 3. The maximum absolute atomic E-state index is 12.1. The van der Waals surface area contributed by atoms with Gasteiger partial charge >= 0.3 is 103 Å². The minimum absolute atomic E-state index is 0. The van der Waals surface area contributed by atoms with Crippen LogP contribution in [-0.2, 0) is 80.9 Å². The number of hydrogen-bond donors (Lipinski definition) is 3. The molecule has 4 aliphatic rings. The zero-order valence-corrected chi connectivity index (χ0v) is 56.0. The molecule has 4 atom stereocenters. The molecule has 0 aromatic heterocycles. The standard InChI is InChI=1S/C26H40O9.C15H18O4.C12H26O8S.CH2O3.2K.H/c1-26(2)22-5-4-19(27)16-21(22)25-23(28)17-20(18-24(25)35-26)34-15-14-33-13-12-32-11-10-31-9-8-30-7-6-29-3;1-15(2)11-4-3-8(16)5-10(11)14-12(18)6-9(17)7-13(14)19-15;1-15-3-4-16-5-6-17-7-8-18-9-10-19-11-12-20-21(2,13)14;2-1-4-3;;;/h17-18,21-22,28H,4-16H2,1-3H3;6-7,10-11,17-18H,3-5H2,1-2H3;3-12H2,1-2H3;1,3H;;;/q;;;;2*+1;-1/p-1/t21-,22-;10-,11-;;;;;/m11...../s1. The maximum Gasteiger partial charge on any atom is 1.00 e. The van der Waals surface area contributed by atoms with Crippen LogP contribution in [0.5, 0.6) is 34.5 Å². The van der Waals surface area contributed by atoms with Crippen LogP contribution in [0, 0.1) is 11.8 Å². The quantitative estimate of drug-likeness (QED) is 0.0175. The minimum atomic E-state index is -3.39. The van der Waals surface area contributed by atoms with E-state index >= 15 is 0 Å². The summed E-state index contributed by atoms with van der Waals surface area (Å²) in [5, 5.41) is 38.8. The fourth-order valence-electron chi connectivity index (χ4n) is 9.46. The van der Waals surface area contributed by atoms with Gasteiger partial charge in [0.1, 0.15) is 63.9 Å². The van der Waals surface area contributed by atoms with E-state index in [0.29, 0.717) is 167 Å². The summed E-state index contributed by atoms with van der Waals surface area (Å²) in [6.45, 7) is 17.0. The Balaban J connectivity index is 0.00000120. The summed E-state index contributed by atoms with van der Waals surface area (Å²) in [7, 11) is -0.123. The Morgan fingerprint density at radius 1 is 0.568 bits per heavy atom. The van der Waals surface area contributed by atoms with Crippen molar-refractivity contribution in [3.63, 3.8) is 0 Å². The second-order valence-electron chi connectivity index (χ2n) is 19.6. The first-order valence-corrected chi connectivity index (χ1v) is 28.2.